The highest BCUT2D eigenvalue weighted by Crippen LogP contribution is 2.40. The lowest BCUT2D eigenvalue weighted by atomic mass is 9.83. The Morgan fingerprint density at radius 1 is 1.35 bits per heavy atom. The summed E-state index contributed by atoms with van der Waals surface area (Å²) in [7, 11) is 0. The van der Waals surface area contributed by atoms with E-state index in [2.05, 4.69) is 12.2 Å². The quantitative estimate of drug-likeness (QED) is 0.800. The summed E-state index contributed by atoms with van der Waals surface area (Å²) in [6.45, 7) is 6.99. The molecule has 0 heterocycles. The van der Waals surface area contributed by atoms with E-state index in [4.69, 9.17) is 5.73 Å². The van der Waals surface area contributed by atoms with Gasteiger partial charge in [0.2, 0.25) is 5.91 Å². The molecule has 0 aromatic heterocycles. The maximum absolute atomic E-state index is 11.8. The summed E-state index contributed by atoms with van der Waals surface area (Å²) >= 11 is 0. The molecule has 0 unspecified atom stereocenters. The van der Waals surface area contributed by atoms with Crippen molar-refractivity contribution >= 4 is 18.3 Å². The molecule has 1 aliphatic carbocycles. The second-order valence-corrected chi connectivity index (χ2v) is 5.55. The molecule has 1 amide bonds. The molecular formula is C13H27ClN2O. The summed E-state index contributed by atoms with van der Waals surface area (Å²) in [6, 6.07) is -0.365. The van der Waals surface area contributed by atoms with Gasteiger partial charge >= 0.3 is 0 Å². The Morgan fingerprint density at radius 3 is 2.29 bits per heavy atom. The van der Waals surface area contributed by atoms with Crippen LogP contribution in [0.1, 0.15) is 52.9 Å². The first-order valence-corrected chi connectivity index (χ1v) is 6.54. The van der Waals surface area contributed by atoms with Gasteiger partial charge in [-0.1, -0.05) is 33.6 Å². The number of amides is 1. The monoisotopic (exact) mass is 262 g/mol. The fraction of sp³-hybridized carbons (Fsp3) is 0.923. The van der Waals surface area contributed by atoms with Crippen molar-refractivity contribution in [2.75, 3.05) is 6.54 Å². The van der Waals surface area contributed by atoms with Gasteiger partial charge in [0.15, 0.2) is 0 Å². The van der Waals surface area contributed by atoms with Crippen LogP contribution in [0.2, 0.25) is 0 Å². The molecule has 0 bridgehead atoms. The van der Waals surface area contributed by atoms with Gasteiger partial charge in [-0.15, -0.1) is 12.4 Å². The Bertz CT molecular complexity index is 238. The topological polar surface area (TPSA) is 55.1 Å². The van der Waals surface area contributed by atoms with Gasteiger partial charge in [0.25, 0.3) is 0 Å². The Labute approximate surface area is 111 Å². The zero-order chi connectivity index (χ0) is 12.2. The van der Waals surface area contributed by atoms with Crippen molar-refractivity contribution in [1.29, 1.82) is 0 Å². The number of carbonyl (C=O) groups is 1. The Morgan fingerprint density at radius 2 is 1.88 bits per heavy atom. The fourth-order valence-corrected chi connectivity index (χ4v) is 2.48. The zero-order valence-electron chi connectivity index (χ0n) is 11.3. The van der Waals surface area contributed by atoms with Gasteiger partial charge in [-0.25, -0.2) is 0 Å². The lowest BCUT2D eigenvalue weighted by Gasteiger charge is -2.28. The maximum Gasteiger partial charge on any atom is 0.237 e. The van der Waals surface area contributed by atoms with Crippen molar-refractivity contribution in [2.45, 2.75) is 58.9 Å². The molecule has 0 radical (unpaired) electrons. The van der Waals surface area contributed by atoms with Gasteiger partial charge in [0, 0.05) is 6.54 Å². The third-order valence-electron chi connectivity index (χ3n) is 4.07. The molecule has 1 rings (SSSR count). The second-order valence-electron chi connectivity index (χ2n) is 5.55. The number of carbonyl (C=O) groups excluding carboxylic acids is 1. The van der Waals surface area contributed by atoms with E-state index in [1.807, 2.05) is 13.8 Å². The molecular weight excluding hydrogens is 236 g/mol. The number of hydrogen-bond donors (Lipinski definition) is 2. The largest absolute Gasteiger partial charge is 0.354 e. The first kappa shape index (κ1) is 16.7. The Kier molecular flexibility index (Phi) is 7.10. The van der Waals surface area contributed by atoms with E-state index >= 15 is 0 Å². The number of rotatable bonds is 5. The van der Waals surface area contributed by atoms with Crippen molar-refractivity contribution in [2.24, 2.45) is 17.1 Å². The third-order valence-corrected chi connectivity index (χ3v) is 4.07. The van der Waals surface area contributed by atoms with E-state index in [9.17, 15) is 4.79 Å². The Balaban J connectivity index is 0.00000256. The van der Waals surface area contributed by atoms with E-state index in [1.54, 1.807) is 0 Å². The van der Waals surface area contributed by atoms with Crippen LogP contribution >= 0.6 is 12.4 Å². The van der Waals surface area contributed by atoms with Crippen molar-refractivity contribution in [3.05, 3.63) is 0 Å². The SMILES string of the molecule is CCC1(CNC(=O)[C@H](N)C(C)C)CCCC1.Cl. The van der Waals surface area contributed by atoms with Crippen LogP contribution in [0.3, 0.4) is 0 Å². The fourth-order valence-electron chi connectivity index (χ4n) is 2.48. The van der Waals surface area contributed by atoms with E-state index in [-0.39, 0.29) is 30.3 Å². The molecule has 0 saturated heterocycles. The minimum absolute atomic E-state index is 0. The smallest absolute Gasteiger partial charge is 0.237 e. The van der Waals surface area contributed by atoms with Gasteiger partial charge in [0.05, 0.1) is 6.04 Å². The predicted octanol–water partition coefficient (Wildman–Crippen LogP) is 2.48. The minimum Gasteiger partial charge on any atom is -0.354 e. The number of nitrogens with two attached hydrogens (primary N) is 1. The van der Waals surface area contributed by atoms with Crippen molar-refractivity contribution in [3.63, 3.8) is 0 Å². The molecule has 3 N–H and O–H groups in total. The molecule has 0 aliphatic heterocycles. The van der Waals surface area contributed by atoms with Gasteiger partial charge in [0.1, 0.15) is 0 Å². The van der Waals surface area contributed by atoms with Crippen molar-refractivity contribution in [1.82, 2.24) is 5.32 Å². The highest BCUT2D eigenvalue weighted by atomic mass is 35.5. The summed E-state index contributed by atoms with van der Waals surface area (Å²) in [5.41, 5.74) is 6.17. The molecule has 0 aromatic rings. The van der Waals surface area contributed by atoms with Crippen LogP contribution < -0.4 is 11.1 Å². The highest BCUT2D eigenvalue weighted by Gasteiger charge is 2.32. The average molecular weight is 263 g/mol. The van der Waals surface area contributed by atoms with E-state index in [1.165, 1.54) is 25.7 Å². The van der Waals surface area contributed by atoms with E-state index in [0.717, 1.165) is 13.0 Å². The molecule has 1 aliphatic rings. The predicted molar refractivity (Wildman–Crippen MR) is 74.3 cm³/mol. The molecule has 17 heavy (non-hydrogen) atoms. The van der Waals surface area contributed by atoms with Gasteiger partial charge in [-0.05, 0) is 30.6 Å². The summed E-state index contributed by atoms with van der Waals surface area (Å²) < 4.78 is 0. The van der Waals surface area contributed by atoms with Crippen LogP contribution in [0.25, 0.3) is 0 Å². The van der Waals surface area contributed by atoms with Crippen LogP contribution in [0.5, 0.6) is 0 Å². The summed E-state index contributed by atoms with van der Waals surface area (Å²) in [6.07, 6.45) is 6.27. The first-order chi connectivity index (χ1) is 7.51. The number of hydrogen-bond acceptors (Lipinski definition) is 2. The molecule has 0 spiro atoms. The Hall–Kier alpha value is -0.280. The second kappa shape index (κ2) is 7.22. The molecule has 102 valence electrons. The van der Waals surface area contributed by atoms with Crippen molar-refractivity contribution < 1.29 is 4.79 Å². The summed E-state index contributed by atoms with van der Waals surface area (Å²) in [5, 5.41) is 3.03. The molecule has 0 aromatic carbocycles. The van der Waals surface area contributed by atoms with E-state index in [0.29, 0.717) is 5.41 Å². The highest BCUT2D eigenvalue weighted by molar-refractivity contribution is 5.85. The standard InChI is InChI=1S/C13H26N2O.ClH/c1-4-13(7-5-6-8-13)9-15-12(16)11(14)10(2)3;/h10-11H,4-9,14H2,1-3H3,(H,15,16);1H/t11-;/m1./s1. The normalized spacial score (nSPS) is 19.8. The van der Waals surface area contributed by atoms with Crippen LogP contribution in [0, 0.1) is 11.3 Å². The number of nitrogens with one attached hydrogen (secondary N) is 1. The van der Waals surface area contributed by atoms with Crippen LogP contribution in [-0.2, 0) is 4.79 Å². The maximum atomic E-state index is 11.8. The molecule has 3 nitrogen and oxygen atoms in total. The lowest BCUT2D eigenvalue weighted by Crippen LogP contribution is -2.47. The molecule has 1 fully saturated rings. The first-order valence-electron chi connectivity index (χ1n) is 6.54. The average Bonchev–Trinajstić information content (AvgIpc) is 2.74. The van der Waals surface area contributed by atoms with Crippen LogP contribution in [0.4, 0.5) is 0 Å². The van der Waals surface area contributed by atoms with Gasteiger partial charge < -0.3 is 11.1 Å². The van der Waals surface area contributed by atoms with Gasteiger partial charge in [-0.2, -0.15) is 0 Å². The summed E-state index contributed by atoms with van der Waals surface area (Å²) in [5.74, 6) is 0.218. The number of halogens is 1. The van der Waals surface area contributed by atoms with E-state index < -0.39 is 0 Å². The van der Waals surface area contributed by atoms with Crippen molar-refractivity contribution in [3.8, 4) is 0 Å². The zero-order valence-corrected chi connectivity index (χ0v) is 12.1. The van der Waals surface area contributed by atoms with Gasteiger partial charge in [-0.3, -0.25) is 4.79 Å². The third kappa shape index (κ3) is 4.47. The summed E-state index contributed by atoms with van der Waals surface area (Å²) in [4.78, 5) is 11.8. The van der Waals surface area contributed by atoms with Crippen LogP contribution in [-0.4, -0.2) is 18.5 Å². The lowest BCUT2D eigenvalue weighted by molar-refractivity contribution is -0.123. The molecule has 4 heteroatoms. The molecule has 1 atom stereocenters. The molecule has 1 saturated carbocycles. The minimum atomic E-state index is -0.365. The van der Waals surface area contributed by atoms with Crippen LogP contribution in [0.15, 0.2) is 0 Å².